The van der Waals surface area contributed by atoms with Crippen molar-refractivity contribution < 1.29 is 13.2 Å². The highest BCUT2D eigenvalue weighted by molar-refractivity contribution is 7.89. The Morgan fingerprint density at radius 1 is 1.12 bits per heavy atom. The van der Waals surface area contributed by atoms with Gasteiger partial charge in [0.15, 0.2) is 5.03 Å². The number of nitrogens with two attached hydrogens (primary N) is 1. The van der Waals surface area contributed by atoms with Crippen LogP contribution in [0, 0.1) is 37.5 Å². The van der Waals surface area contributed by atoms with Crippen LogP contribution in [0.2, 0.25) is 0 Å². The van der Waals surface area contributed by atoms with Crippen molar-refractivity contribution in [2.24, 2.45) is 5.14 Å². The molecule has 2 saturated heterocycles. The highest BCUT2D eigenvalue weighted by Gasteiger charge is 2.28. The Morgan fingerprint density at radius 3 is 2.40 bits per heavy atom. The van der Waals surface area contributed by atoms with Gasteiger partial charge in [-0.3, -0.25) is 4.79 Å². The molecule has 2 fully saturated rings. The van der Waals surface area contributed by atoms with E-state index in [2.05, 4.69) is 27.2 Å². The summed E-state index contributed by atoms with van der Waals surface area (Å²) in [4.78, 5) is 23.5. The van der Waals surface area contributed by atoms with Crippen LogP contribution in [0.5, 0.6) is 0 Å². The van der Waals surface area contributed by atoms with Gasteiger partial charge in [0.05, 0.1) is 17.0 Å². The Hall–Kier alpha value is -4.32. The number of nitrogens with one attached hydrogen (secondary N) is 1. The first-order valence-electron chi connectivity index (χ1n) is 13.9. The number of primary sulfonamides is 1. The number of hydrogen-bond donors (Lipinski definition) is 2. The van der Waals surface area contributed by atoms with Gasteiger partial charge < -0.3 is 20.0 Å². The Morgan fingerprint density at radius 2 is 1.81 bits per heavy atom. The van der Waals surface area contributed by atoms with E-state index in [-0.39, 0.29) is 17.0 Å². The zero-order chi connectivity index (χ0) is 30.4. The van der Waals surface area contributed by atoms with Gasteiger partial charge in [0.25, 0.3) is 15.9 Å². The second-order valence-corrected chi connectivity index (χ2v) is 12.0. The molecule has 11 heteroatoms. The number of hydrogen-bond acceptors (Lipinski definition) is 8. The summed E-state index contributed by atoms with van der Waals surface area (Å²) in [5, 5.41) is 18.4. The van der Waals surface area contributed by atoms with E-state index in [0.29, 0.717) is 43.0 Å². The molecule has 10 nitrogen and oxygen atoms in total. The van der Waals surface area contributed by atoms with Crippen LogP contribution < -0.4 is 15.4 Å². The van der Waals surface area contributed by atoms with Gasteiger partial charge in [-0.25, -0.2) is 18.5 Å². The lowest BCUT2D eigenvalue weighted by Gasteiger charge is -2.37. The molecule has 1 amide bonds. The number of piperazine rings is 1. The molecule has 0 aliphatic carbocycles. The molecular formula is C31H37N7O3S. The third-order valence-corrected chi connectivity index (χ3v) is 8.68. The molecule has 1 aromatic heterocycles. The second kappa shape index (κ2) is 13.1. The first kappa shape index (κ1) is 30.6. The number of aryl methyl sites for hydroxylation is 2. The first-order chi connectivity index (χ1) is 20.1. The number of benzene rings is 1. The summed E-state index contributed by atoms with van der Waals surface area (Å²) >= 11 is 0. The molecule has 0 radical (unpaired) electrons. The average molecular weight is 588 g/mol. The quantitative estimate of drug-likeness (QED) is 0.287. The third kappa shape index (κ3) is 6.76. The van der Waals surface area contributed by atoms with Crippen molar-refractivity contribution in [2.75, 3.05) is 49.5 Å². The molecule has 0 bridgehead atoms. The van der Waals surface area contributed by atoms with Crippen LogP contribution >= 0.6 is 0 Å². The van der Waals surface area contributed by atoms with Crippen molar-refractivity contribution in [3.63, 3.8) is 0 Å². The molecule has 2 aliphatic rings. The Balaban J connectivity index is 1.42. The van der Waals surface area contributed by atoms with Gasteiger partial charge in [-0.15, -0.1) is 6.42 Å². The molecule has 0 saturated carbocycles. The van der Waals surface area contributed by atoms with Crippen LogP contribution in [0.4, 0.5) is 11.4 Å². The topological polar surface area (TPSA) is 136 Å². The summed E-state index contributed by atoms with van der Waals surface area (Å²) in [7, 11) is -3.97. The van der Waals surface area contributed by atoms with Crippen molar-refractivity contribution in [1.29, 1.82) is 5.26 Å². The summed E-state index contributed by atoms with van der Waals surface area (Å²) in [5.74, 6) is 2.51. The summed E-state index contributed by atoms with van der Waals surface area (Å²) in [6.07, 6.45) is 12.1. The molecule has 2 aliphatic heterocycles. The van der Waals surface area contributed by atoms with Crippen molar-refractivity contribution in [3.8, 4) is 18.4 Å². The van der Waals surface area contributed by atoms with Gasteiger partial charge in [-0.2, -0.15) is 5.26 Å². The minimum atomic E-state index is -3.97. The lowest BCUT2D eigenvalue weighted by atomic mass is 9.99. The number of nitriles is 1. The number of pyridine rings is 1. The monoisotopic (exact) mass is 587 g/mol. The number of terminal acetylenes is 1. The van der Waals surface area contributed by atoms with Crippen molar-refractivity contribution in [1.82, 2.24) is 14.8 Å². The molecule has 0 atom stereocenters. The van der Waals surface area contributed by atoms with Gasteiger partial charge >= 0.3 is 0 Å². The molecule has 1 aromatic carbocycles. The fourth-order valence-corrected chi connectivity index (χ4v) is 6.27. The van der Waals surface area contributed by atoms with E-state index < -0.39 is 10.0 Å². The first-order valence-corrected chi connectivity index (χ1v) is 15.5. The minimum Gasteiger partial charge on any atom is -0.382 e. The van der Waals surface area contributed by atoms with Gasteiger partial charge in [-0.05, 0) is 62.9 Å². The number of sulfonamides is 1. The number of piperidine rings is 1. The maximum atomic E-state index is 13.6. The smallest absolute Gasteiger partial charge is 0.257 e. The predicted octanol–water partition coefficient (Wildman–Crippen LogP) is 3.17. The number of aromatic nitrogens is 1. The van der Waals surface area contributed by atoms with E-state index in [1.165, 1.54) is 6.20 Å². The summed E-state index contributed by atoms with van der Waals surface area (Å²) in [6.45, 7) is 9.14. The minimum absolute atomic E-state index is 0.0534. The zero-order valence-electron chi connectivity index (χ0n) is 24.3. The molecule has 3 heterocycles. The third-order valence-electron chi connectivity index (χ3n) is 7.83. The summed E-state index contributed by atoms with van der Waals surface area (Å²) < 4.78 is 24.0. The number of nitrogens with zero attached hydrogens (tertiary/aromatic N) is 5. The van der Waals surface area contributed by atoms with E-state index >= 15 is 0 Å². The number of likely N-dealkylation sites (tertiary alicyclic amines) is 1. The maximum Gasteiger partial charge on any atom is 0.257 e. The number of amides is 1. The second-order valence-electron chi connectivity index (χ2n) is 10.6. The van der Waals surface area contributed by atoms with Crippen LogP contribution in [-0.4, -0.2) is 74.4 Å². The molecular weight excluding hydrogens is 550 g/mol. The summed E-state index contributed by atoms with van der Waals surface area (Å²) in [5.41, 5.74) is 5.35. The van der Waals surface area contributed by atoms with Gasteiger partial charge in [0.2, 0.25) is 0 Å². The van der Waals surface area contributed by atoms with Crippen LogP contribution in [-0.2, 0) is 10.0 Å². The molecule has 42 heavy (non-hydrogen) atoms. The van der Waals surface area contributed by atoms with Gasteiger partial charge in [0.1, 0.15) is 6.07 Å². The van der Waals surface area contributed by atoms with Crippen molar-refractivity contribution in [3.05, 3.63) is 70.6 Å². The SMILES string of the molecule is C#C/C=C(\C(C#N)=C/C)N1CCC(Nc2cc(C(=O)N3CCN(c4cccnc4S(N)(=O)=O)CC3)c(C)cc2C)CC1. The highest BCUT2D eigenvalue weighted by Crippen LogP contribution is 2.28. The fourth-order valence-electron chi connectivity index (χ4n) is 5.57. The average Bonchev–Trinajstić information content (AvgIpc) is 2.98. The molecule has 3 N–H and O–H groups in total. The largest absolute Gasteiger partial charge is 0.382 e. The Labute approximate surface area is 248 Å². The van der Waals surface area contributed by atoms with E-state index in [1.54, 1.807) is 29.2 Å². The molecule has 220 valence electrons. The number of rotatable bonds is 7. The number of anilines is 2. The normalized spacial score (nSPS) is 17.0. The lowest BCUT2D eigenvalue weighted by Crippen LogP contribution is -2.49. The van der Waals surface area contributed by atoms with E-state index in [4.69, 9.17) is 11.6 Å². The number of carbonyl (C=O) groups excluding carboxylic acids is 1. The van der Waals surface area contributed by atoms with Crippen molar-refractivity contribution in [2.45, 2.75) is 44.7 Å². The summed E-state index contributed by atoms with van der Waals surface area (Å²) in [6, 6.07) is 9.79. The molecule has 4 rings (SSSR count). The zero-order valence-corrected chi connectivity index (χ0v) is 25.1. The van der Waals surface area contributed by atoms with Gasteiger partial charge in [0, 0.05) is 68.8 Å². The lowest BCUT2D eigenvalue weighted by molar-refractivity contribution is 0.0746. The highest BCUT2D eigenvalue weighted by atomic mass is 32.2. The van der Waals surface area contributed by atoms with Crippen LogP contribution in [0.15, 0.2) is 58.9 Å². The standard InChI is InChI=1S/C31H37N7O3S/c1-5-8-28(24(6-2)21-32)36-13-10-25(11-14-36)35-27-20-26(22(3)19-23(27)4)31(39)38-17-15-37(16-18-38)29-9-7-12-34-30(29)42(33,40)41/h1,6-9,12,19-20,25,35H,10-11,13-18H2,2-4H3,(H2,33,40,41)/b24-6-,28-8+. The van der Waals surface area contributed by atoms with Crippen LogP contribution in [0.1, 0.15) is 41.3 Å². The van der Waals surface area contributed by atoms with Crippen LogP contribution in [0.3, 0.4) is 0 Å². The Kier molecular flexibility index (Phi) is 9.56. The Bertz CT molecular complexity index is 1590. The fraction of sp³-hybridized carbons (Fsp3) is 0.387. The number of allylic oxidation sites excluding steroid dienone is 3. The molecule has 0 spiro atoms. The molecule has 2 aromatic rings. The van der Waals surface area contributed by atoms with Crippen LogP contribution in [0.25, 0.3) is 0 Å². The van der Waals surface area contributed by atoms with E-state index in [0.717, 1.165) is 48.4 Å². The molecule has 0 unspecified atom stereocenters. The van der Waals surface area contributed by atoms with Gasteiger partial charge in [-0.1, -0.05) is 18.1 Å². The van der Waals surface area contributed by atoms with Crippen molar-refractivity contribution >= 4 is 27.3 Å². The van der Waals surface area contributed by atoms with E-state index in [9.17, 15) is 18.5 Å². The maximum absolute atomic E-state index is 13.6. The number of carbonyl (C=O) groups is 1. The van der Waals surface area contributed by atoms with E-state index in [1.807, 2.05) is 37.8 Å². The predicted molar refractivity (Wildman–Crippen MR) is 164 cm³/mol.